The molecule has 1 aliphatic rings. The lowest BCUT2D eigenvalue weighted by molar-refractivity contribution is 0.0328. The SMILES string of the molecule is Cc1cc(C)c(C(O)C2(CN)CCCC2)cc1C. The molecule has 1 saturated carbocycles. The predicted octanol–water partition coefficient (Wildman–Crippen LogP) is 3.16. The molecule has 0 amide bonds. The maximum absolute atomic E-state index is 10.8. The molecular weight excluding hydrogens is 222 g/mol. The number of benzene rings is 1. The summed E-state index contributed by atoms with van der Waals surface area (Å²) in [6.45, 7) is 6.90. The van der Waals surface area contributed by atoms with E-state index in [-0.39, 0.29) is 5.41 Å². The van der Waals surface area contributed by atoms with Gasteiger partial charge in [-0.15, -0.1) is 0 Å². The fourth-order valence-electron chi connectivity index (χ4n) is 3.28. The molecule has 100 valence electrons. The van der Waals surface area contributed by atoms with E-state index in [0.717, 1.165) is 18.4 Å². The van der Waals surface area contributed by atoms with Crippen molar-refractivity contribution in [3.8, 4) is 0 Å². The van der Waals surface area contributed by atoms with Crippen molar-refractivity contribution < 1.29 is 5.11 Å². The van der Waals surface area contributed by atoms with Crippen molar-refractivity contribution in [3.05, 3.63) is 34.4 Å². The van der Waals surface area contributed by atoms with Gasteiger partial charge in [0, 0.05) is 12.0 Å². The molecule has 2 heteroatoms. The molecule has 0 spiro atoms. The van der Waals surface area contributed by atoms with Crippen molar-refractivity contribution in [2.45, 2.75) is 52.6 Å². The second kappa shape index (κ2) is 5.02. The lowest BCUT2D eigenvalue weighted by Crippen LogP contribution is -2.34. The molecule has 0 bridgehead atoms. The Balaban J connectivity index is 2.39. The Morgan fingerprint density at radius 3 is 2.22 bits per heavy atom. The summed E-state index contributed by atoms with van der Waals surface area (Å²) in [5.41, 5.74) is 10.7. The number of rotatable bonds is 3. The minimum absolute atomic E-state index is 0.0908. The molecule has 1 atom stereocenters. The van der Waals surface area contributed by atoms with Gasteiger partial charge in [0.2, 0.25) is 0 Å². The van der Waals surface area contributed by atoms with Crippen LogP contribution in [-0.2, 0) is 0 Å². The van der Waals surface area contributed by atoms with Crippen LogP contribution in [0.15, 0.2) is 12.1 Å². The molecule has 0 radical (unpaired) electrons. The van der Waals surface area contributed by atoms with Gasteiger partial charge in [-0.1, -0.05) is 25.0 Å². The summed E-state index contributed by atoms with van der Waals surface area (Å²) in [4.78, 5) is 0. The fraction of sp³-hybridized carbons (Fsp3) is 0.625. The smallest absolute Gasteiger partial charge is 0.0860 e. The van der Waals surface area contributed by atoms with Gasteiger partial charge in [0.1, 0.15) is 0 Å². The van der Waals surface area contributed by atoms with Gasteiger partial charge in [-0.3, -0.25) is 0 Å². The van der Waals surface area contributed by atoms with Crippen LogP contribution in [0.1, 0.15) is 54.0 Å². The van der Waals surface area contributed by atoms with E-state index in [1.807, 2.05) is 0 Å². The van der Waals surface area contributed by atoms with Crippen LogP contribution in [0.25, 0.3) is 0 Å². The van der Waals surface area contributed by atoms with Crippen molar-refractivity contribution in [1.29, 1.82) is 0 Å². The Labute approximate surface area is 110 Å². The Hall–Kier alpha value is -0.860. The Morgan fingerprint density at radius 2 is 1.67 bits per heavy atom. The molecule has 18 heavy (non-hydrogen) atoms. The molecule has 2 rings (SSSR count). The highest BCUT2D eigenvalue weighted by atomic mass is 16.3. The number of aliphatic hydroxyl groups excluding tert-OH is 1. The van der Waals surface area contributed by atoms with Crippen molar-refractivity contribution in [1.82, 2.24) is 0 Å². The molecule has 0 heterocycles. The Kier molecular flexibility index (Phi) is 3.79. The molecule has 0 saturated heterocycles. The summed E-state index contributed by atoms with van der Waals surface area (Å²) in [6, 6.07) is 4.32. The van der Waals surface area contributed by atoms with Crippen LogP contribution in [0, 0.1) is 26.2 Å². The average molecular weight is 247 g/mol. The van der Waals surface area contributed by atoms with Crippen LogP contribution < -0.4 is 5.73 Å². The van der Waals surface area contributed by atoms with Crippen LogP contribution in [0.2, 0.25) is 0 Å². The monoisotopic (exact) mass is 247 g/mol. The highest BCUT2D eigenvalue weighted by Crippen LogP contribution is 2.47. The van der Waals surface area contributed by atoms with E-state index in [0.29, 0.717) is 6.54 Å². The van der Waals surface area contributed by atoms with Gasteiger partial charge in [0.25, 0.3) is 0 Å². The molecule has 1 fully saturated rings. The number of aliphatic hydroxyl groups is 1. The summed E-state index contributed by atoms with van der Waals surface area (Å²) < 4.78 is 0. The molecule has 2 nitrogen and oxygen atoms in total. The molecule has 1 aliphatic carbocycles. The third-order valence-corrected chi connectivity index (χ3v) is 4.76. The fourth-order valence-corrected chi connectivity index (χ4v) is 3.28. The summed E-state index contributed by atoms with van der Waals surface area (Å²) >= 11 is 0. The zero-order valence-electron chi connectivity index (χ0n) is 11.8. The quantitative estimate of drug-likeness (QED) is 0.862. The largest absolute Gasteiger partial charge is 0.388 e. The van der Waals surface area contributed by atoms with Gasteiger partial charge < -0.3 is 10.8 Å². The Bertz CT molecular complexity index is 433. The highest BCUT2D eigenvalue weighted by molar-refractivity contribution is 5.38. The molecule has 1 unspecified atom stereocenters. The number of hydrogen-bond donors (Lipinski definition) is 2. The van der Waals surface area contributed by atoms with Crippen LogP contribution >= 0.6 is 0 Å². The standard InChI is InChI=1S/C16H25NO/c1-11-8-13(3)14(9-12(11)2)15(18)16(10-17)6-4-5-7-16/h8-9,15,18H,4-7,10,17H2,1-3H3. The molecule has 0 aromatic heterocycles. The lowest BCUT2D eigenvalue weighted by Gasteiger charge is -2.34. The Morgan fingerprint density at radius 1 is 1.11 bits per heavy atom. The second-order valence-electron chi connectivity index (χ2n) is 5.97. The van der Waals surface area contributed by atoms with Crippen LogP contribution in [0.4, 0.5) is 0 Å². The van der Waals surface area contributed by atoms with E-state index in [9.17, 15) is 5.11 Å². The van der Waals surface area contributed by atoms with Gasteiger partial charge in [0.05, 0.1) is 6.10 Å². The molecule has 1 aromatic carbocycles. The normalized spacial score (nSPS) is 20.1. The van der Waals surface area contributed by atoms with E-state index >= 15 is 0 Å². The topological polar surface area (TPSA) is 46.2 Å². The number of hydrogen-bond acceptors (Lipinski definition) is 2. The van der Waals surface area contributed by atoms with Crippen molar-refractivity contribution in [2.75, 3.05) is 6.54 Å². The number of nitrogens with two attached hydrogens (primary N) is 1. The zero-order chi connectivity index (χ0) is 13.3. The van der Waals surface area contributed by atoms with E-state index in [4.69, 9.17) is 5.73 Å². The van der Waals surface area contributed by atoms with Crippen molar-refractivity contribution >= 4 is 0 Å². The number of aryl methyl sites for hydroxylation is 3. The summed E-state index contributed by atoms with van der Waals surface area (Å²) in [5, 5.41) is 10.8. The van der Waals surface area contributed by atoms with Crippen LogP contribution in [0.3, 0.4) is 0 Å². The summed E-state index contributed by atoms with van der Waals surface area (Å²) in [7, 11) is 0. The third kappa shape index (κ3) is 2.19. The first kappa shape index (κ1) is 13.6. The first-order valence-corrected chi connectivity index (χ1v) is 6.96. The summed E-state index contributed by atoms with van der Waals surface area (Å²) in [5.74, 6) is 0. The van der Waals surface area contributed by atoms with Gasteiger partial charge in [0.15, 0.2) is 0 Å². The van der Waals surface area contributed by atoms with E-state index in [1.165, 1.54) is 29.5 Å². The van der Waals surface area contributed by atoms with Crippen molar-refractivity contribution in [3.63, 3.8) is 0 Å². The molecular formula is C16H25NO. The third-order valence-electron chi connectivity index (χ3n) is 4.76. The average Bonchev–Trinajstić information content (AvgIpc) is 2.83. The first-order valence-electron chi connectivity index (χ1n) is 6.96. The first-order chi connectivity index (χ1) is 8.50. The van der Waals surface area contributed by atoms with Crippen LogP contribution in [0.5, 0.6) is 0 Å². The highest BCUT2D eigenvalue weighted by Gasteiger charge is 2.40. The van der Waals surface area contributed by atoms with Gasteiger partial charge in [-0.25, -0.2) is 0 Å². The molecule has 1 aromatic rings. The minimum Gasteiger partial charge on any atom is -0.388 e. The van der Waals surface area contributed by atoms with E-state index < -0.39 is 6.10 Å². The van der Waals surface area contributed by atoms with Gasteiger partial charge in [-0.2, -0.15) is 0 Å². The summed E-state index contributed by atoms with van der Waals surface area (Å²) in [6.07, 6.45) is 4.08. The van der Waals surface area contributed by atoms with E-state index in [2.05, 4.69) is 32.9 Å². The van der Waals surface area contributed by atoms with E-state index in [1.54, 1.807) is 0 Å². The lowest BCUT2D eigenvalue weighted by atomic mass is 9.76. The zero-order valence-corrected chi connectivity index (χ0v) is 11.8. The van der Waals surface area contributed by atoms with Crippen LogP contribution in [-0.4, -0.2) is 11.7 Å². The van der Waals surface area contributed by atoms with Gasteiger partial charge in [-0.05, 0) is 55.9 Å². The van der Waals surface area contributed by atoms with Gasteiger partial charge >= 0.3 is 0 Å². The van der Waals surface area contributed by atoms with Crippen molar-refractivity contribution in [2.24, 2.45) is 11.1 Å². The maximum Gasteiger partial charge on any atom is 0.0860 e. The maximum atomic E-state index is 10.8. The molecule has 3 N–H and O–H groups in total. The second-order valence-corrected chi connectivity index (χ2v) is 5.97. The predicted molar refractivity (Wildman–Crippen MR) is 75.6 cm³/mol. The minimum atomic E-state index is -0.413. The molecule has 0 aliphatic heterocycles.